The molecule has 2 heteroatoms. The highest BCUT2D eigenvalue weighted by molar-refractivity contribution is 5.40. The van der Waals surface area contributed by atoms with E-state index in [4.69, 9.17) is 4.74 Å². The molecule has 0 heterocycles. The van der Waals surface area contributed by atoms with E-state index in [0.717, 1.165) is 5.56 Å². The van der Waals surface area contributed by atoms with E-state index in [1.807, 2.05) is 37.3 Å². The first-order chi connectivity index (χ1) is 8.20. The zero-order chi connectivity index (χ0) is 12.7. The fraction of sp³-hybridized carbons (Fsp3) is 0.200. The Bertz CT molecular complexity index is 419. The third kappa shape index (κ3) is 3.61. The van der Waals surface area contributed by atoms with Crippen LogP contribution < -0.4 is 4.74 Å². The molecule has 0 spiro atoms. The van der Waals surface area contributed by atoms with Crippen molar-refractivity contribution in [2.24, 2.45) is 0 Å². The Balaban J connectivity index is 2.95. The number of hydrogen-bond donors (Lipinski definition) is 1. The molecule has 0 radical (unpaired) electrons. The summed E-state index contributed by atoms with van der Waals surface area (Å²) >= 11 is 0. The number of rotatable bonds is 6. The van der Waals surface area contributed by atoms with E-state index >= 15 is 0 Å². The molecule has 1 aromatic carbocycles. The summed E-state index contributed by atoms with van der Waals surface area (Å²) in [4.78, 5) is 0. The van der Waals surface area contributed by atoms with Crippen LogP contribution in [-0.2, 0) is 0 Å². The summed E-state index contributed by atoms with van der Waals surface area (Å²) in [6, 6.07) is 7.39. The molecule has 0 amide bonds. The second-order valence-corrected chi connectivity index (χ2v) is 3.61. The van der Waals surface area contributed by atoms with Gasteiger partial charge in [0.1, 0.15) is 18.5 Å². The van der Waals surface area contributed by atoms with Gasteiger partial charge in [0, 0.05) is 5.56 Å². The summed E-state index contributed by atoms with van der Waals surface area (Å²) in [6.45, 7) is 9.73. The fourth-order valence-corrected chi connectivity index (χ4v) is 1.49. The Morgan fingerprint density at radius 2 is 2.18 bits per heavy atom. The van der Waals surface area contributed by atoms with Gasteiger partial charge in [-0.3, -0.25) is 0 Å². The molecular weight excluding hydrogens is 212 g/mol. The molecule has 0 aliphatic rings. The van der Waals surface area contributed by atoms with Crippen LogP contribution in [0.4, 0.5) is 0 Å². The highest BCUT2D eigenvalue weighted by Gasteiger charge is 2.14. The summed E-state index contributed by atoms with van der Waals surface area (Å²) in [6.07, 6.45) is 4.56. The summed E-state index contributed by atoms with van der Waals surface area (Å²) in [5.41, 5.74) is 1.36. The van der Waals surface area contributed by atoms with Crippen LogP contribution in [-0.4, -0.2) is 11.7 Å². The van der Waals surface area contributed by atoms with Crippen LogP contribution in [0.2, 0.25) is 0 Å². The van der Waals surface area contributed by atoms with E-state index in [9.17, 15) is 5.11 Å². The summed E-state index contributed by atoms with van der Waals surface area (Å²) < 4.78 is 5.49. The third-order valence-corrected chi connectivity index (χ3v) is 2.30. The summed E-state index contributed by atoms with van der Waals surface area (Å²) in [5.74, 6) is 0.658. The molecule has 1 atom stereocenters. The SMILES string of the molecule is C=CCOc1ccccc1C(O)C(=C)/C=C\C. The molecule has 0 saturated heterocycles. The van der Waals surface area contributed by atoms with Gasteiger partial charge >= 0.3 is 0 Å². The van der Waals surface area contributed by atoms with Crippen LogP contribution in [0.1, 0.15) is 18.6 Å². The van der Waals surface area contributed by atoms with Gasteiger partial charge in [0.2, 0.25) is 0 Å². The molecule has 1 unspecified atom stereocenters. The lowest BCUT2D eigenvalue weighted by Gasteiger charge is -2.15. The van der Waals surface area contributed by atoms with E-state index < -0.39 is 6.10 Å². The molecule has 0 bridgehead atoms. The fourth-order valence-electron chi connectivity index (χ4n) is 1.49. The molecule has 90 valence electrons. The average Bonchev–Trinajstić information content (AvgIpc) is 2.36. The number of para-hydroxylation sites is 1. The standard InChI is InChI=1S/C15H18O2/c1-4-8-12(3)15(16)13-9-6-7-10-14(13)17-11-5-2/h4-10,15-16H,2-3,11H2,1H3/b8-4-. The Labute approximate surface area is 103 Å². The minimum atomic E-state index is -0.743. The van der Waals surface area contributed by atoms with Gasteiger partial charge in [-0.25, -0.2) is 0 Å². The van der Waals surface area contributed by atoms with Crippen LogP contribution in [0.25, 0.3) is 0 Å². The van der Waals surface area contributed by atoms with Crippen LogP contribution in [0.5, 0.6) is 5.75 Å². The second-order valence-electron chi connectivity index (χ2n) is 3.61. The van der Waals surface area contributed by atoms with E-state index in [2.05, 4.69) is 13.2 Å². The molecule has 0 aliphatic carbocycles. The molecule has 1 rings (SSSR count). The molecular formula is C15H18O2. The molecule has 2 nitrogen and oxygen atoms in total. The zero-order valence-corrected chi connectivity index (χ0v) is 10.1. The van der Waals surface area contributed by atoms with Gasteiger partial charge in [0.05, 0.1) is 0 Å². The molecule has 0 fully saturated rings. The zero-order valence-electron chi connectivity index (χ0n) is 10.1. The van der Waals surface area contributed by atoms with Crippen molar-refractivity contribution in [3.8, 4) is 5.75 Å². The molecule has 0 aliphatic heterocycles. The lowest BCUT2D eigenvalue weighted by molar-refractivity contribution is 0.213. The maximum absolute atomic E-state index is 10.1. The van der Waals surface area contributed by atoms with Crippen molar-refractivity contribution in [2.75, 3.05) is 6.61 Å². The molecule has 0 saturated carbocycles. The molecule has 1 aromatic rings. The molecule has 1 N–H and O–H groups in total. The lowest BCUT2D eigenvalue weighted by atomic mass is 10.0. The van der Waals surface area contributed by atoms with Gasteiger partial charge in [-0.1, -0.05) is 49.6 Å². The predicted octanol–water partition coefficient (Wildman–Crippen LogP) is 3.42. The van der Waals surface area contributed by atoms with Crippen LogP contribution in [0, 0.1) is 0 Å². The van der Waals surface area contributed by atoms with Crippen molar-refractivity contribution in [1.82, 2.24) is 0 Å². The monoisotopic (exact) mass is 230 g/mol. The van der Waals surface area contributed by atoms with Crippen molar-refractivity contribution in [3.05, 3.63) is 66.8 Å². The van der Waals surface area contributed by atoms with Gasteiger partial charge in [0.15, 0.2) is 0 Å². The van der Waals surface area contributed by atoms with Crippen molar-refractivity contribution in [2.45, 2.75) is 13.0 Å². The number of allylic oxidation sites excluding steroid dienone is 1. The average molecular weight is 230 g/mol. The largest absolute Gasteiger partial charge is 0.489 e. The van der Waals surface area contributed by atoms with Crippen LogP contribution in [0.3, 0.4) is 0 Å². The third-order valence-electron chi connectivity index (χ3n) is 2.30. The maximum Gasteiger partial charge on any atom is 0.125 e. The van der Waals surface area contributed by atoms with Gasteiger partial charge in [-0.15, -0.1) is 0 Å². The van der Waals surface area contributed by atoms with Gasteiger partial charge in [-0.2, -0.15) is 0 Å². The summed E-state index contributed by atoms with van der Waals surface area (Å²) in [5, 5.41) is 10.1. The first-order valence-corrected chi connectivity index (χ1v) is 5.53. The number of ether oxygens (including phenoxy) is 1. The van der Waals surface area contributed by atoms with Crippen molar-refractivity contribution >= 4 is 0 Å². The maximum atomic E-state index is 10.1. The highest BCUT2D eigenvalue weighted by atomic mass is 16.5. The quantitative estimate of drug-likeness (QED) is 0.599. The Morgan fingerprint density at radius 1 is 1.47 bits per heavy atom. The van der Waals surface area contributed by atoms with Gasteiger partial charge in [-0.05, 0) is 18.6 Å². The van der Waals surface area contributed by atoms with Gasteiger partial charge < -0.3 is 9.84 Å². The van der Waals surface area contributed by atoms with Gasteiger partial charge in [0.25, 0.3) is 0 Å². The predicted molar refractivity (Wildman–Crippen MR) is 71.0 cm³/mol. The second kappa shape index (κ2) is 6.71. The normalized spacial score (nSPS) is 12.4. The van der Waals surface area contributed by atoms with Crippen molar-refractivity contribution < 1.29 is 9.84 Å². The molecule has 0 aromatic heterocycles. The number of benzene rings is 1. The number of aliphatic hydroxyl groups excluding tert-OH is 1. The van der Waals surface area contributed by atoms with E-state index in [1.165, 1.54) is 0 Å². The minimum absolute atomic E-state index is 0.416. The minimum Gasteiger partial charge on any atom is -0.489 e. The molecule has 17 heavy (non-hydrogen) atoms. The Morgan fingerprint density at radius 3 is 2.82 bits per heavy atom. The van der Waals surface area contributed by atoms with E-state index in [0.29, 0.717) is 17.9 Å². The van der Waals surface area contributed by atoms with E-state index in [-0.39, 0.29) is 0 Å². The Kier molecular flexibility index (Phi) is 5.24. The number of aliphatic hydroxyl groups is 1. The number of hydrogen-bond acceptors (Lipinski definition) is 2. The Hall–Kier alpha value is -1.80. The topological polar surface area (TPSA) is 29.5 Å². The smallest absolute Gasteiger partial charge is 0.125 e. The summed E-state index contributed by atoms with van der Waals surface area (Å²) in [7, 11) is 0. The van der Waals surface area contributed by atoms with Crippen LogP contribution in [0.15, 0.2) is 61.2 Å². The lowest BCUT2D eigenvalue weighted by Crippen LogP contribution is -2.03. The first-order valence-electron chi connectivity index (χ1n) is 5.53. The van der Waals surface area contributed by atoms with Crippen molar-refractivity contribution in [1.29, 1.82) is 0 Å². The van der Waals surface area contributed by atoms with E-state index in [1.54, 1.807) is 12.2 Å². The first kappa shape index (κ1) is 13.3. The van der Waals surface area contributed by atoms with Crippen LogP contribution >= 0.6 is 0 Å². The highest BCUT2D eigenvalue weighted by Crippen LogP contribution is 2.29. The van der Waals surface area contributed by atoms with Crippen molar-refractivity contribution in [3.63, 3.8) is 0 Å².